The molecule has 20 heavy (non-hydrogen) atoms. The maximum absolute atomic E-state index is 12.3. The summed E-state index contributed by atoms with van der Waals surface area (Å²) in [5.74, 6) is 0.316. The van der Waals surface area contributed by atoms with E-state index in [1.807, 2.05) is 45.0 Å². The van der Waals surface area contributed by atoms with Gasteiger partial charge >= 0.3 is 0 Å². The van der Waals surface area contributed by atoms with E-state index in [2.05, 4.69) is 24.8 Å². The lowest BCUT2D eigenvalue weighted by molar-refractivity contribution is -0.120. The van der Waals surface area contributed by atoms with Crippen molar-refractivity contribution in [2.75, 3.05) is 0 Å². The molecule has 0 heterocycles. The maximum atomic E-state index is 12.3. The maximum Gasteiger partial charge on any atom is 0.148 e. The molecule has 0 aliphatic rings. The second-order valence-corrected chi connectivity index (χ2v) is 7.09. The van der Waals surface area contributed by atoms with E-state index in [1.165, 1.54) is 5.57 Å². The van der Waals surface area contributed by atoms with Gasteiger partial charge in [0, 0.05) is 11.3 Å². The fourth-order valence-electron chi connectivity index (χ4n) is 1.82. The first-order valence-electron chi connectivity index (χ1n) is 7.02. The molecule has 1 aromatic carbocycles. The Morgan fingerprint density at radius 3 is 2.55 bits per heavy atom. The molecule has 0 unspecified atom stereocenters. The number of hydrogen-bond acceptors (Lipinski definition) is 2. The van der Waals surface area contributed by atoms with Crippen molar-refractivity contribution < 1.29 is 4.79 Å². The Hall–Kier alpha value is -1.28. The Morgan fingerprint density at radius 1 is 1.30 bits per heavy atom. The van der Waals surface area contributed by atoms with E-state index >= 15 is 0 Å². The molecular formula is C18H24OS. The molecular weight excluding hydrogens is 264 g/mol. The van der Waals surface area contributed by atoms with Crippen LogP contribution in [0.3, 0.4) is 0 Å². The quantitative estimate of drug-likeness (QED) is 0.360. The lowest BCUT2D eigenvalue weighted by Gasteiger charge is -2.22. The summed E-state index contributed by atoms with van der Waals surface area (Å²) >= 11 is 1.64. The molecule has 1 aromatic rings. The average molecular weight is 288 g/mol. The van der Waals surface area contributed by atoms with Gasteiger partial charge in [0.2, 0.25) is 0 Å². The first-order chi connectivity index (χ1) is 9.45. The smallest absolute Gasteiger partial charge is 0.148 e. The molecule has 1 rings (SSSR count). The average Bonchev–Trinajstić information content (AvgIpc) is 2.43. The number of unbranched alkanes of at least 4 members (excludes halogenated alkanes) is 1. The number of allylic oxidation sites excluding steroid dienone is 3. The lowest BCUT2D eigenvalue weighted by atomic mass is 10.0. The second-order valence-electron chi connectivity index (χ2n) is 5.39. The molecule has 0 spiro atoms. The zero-order valence-corrected chi connectivity index (χ0v) is 13.5. The van der Waals surface area contributed by atoms with Crippen LogP contribution in [0.4, 0.5) is 0 Å². The van der Waals surface area contributed by atoms with Crippen LogP contribution < -0.4 is 0 Å². The van der Waals surface area contributed by atoms with Crippen LogP contribution in [0.15, 0.2) is 59.5 Å². The Kier molecular flexibility index (Phi) is 6.80. The molecule has 0 saturated carbocycles. The third-order valence-corrected chi connectivity index (χ3v) is 4.43. The van der Waals surface area contributed by atoms with Gasteiger partial charge in [0.25, 0.3) is 0 Å². The first-order valence-corrected chi connectivity index (χ1v) is 7.84. The van der Waals surface area contributed by atoms with Crippen molar-refractivity contribution in [2.24, 2.45) is 0 Å². The summed E-state index contributed by atoms with van der Waals surface area (Å²) in [5.41, 5.74) is 1.18. The van der Waals surface area contributed by atoms with E-state index < -0.39 is 0 Å². The summed E-state index contributed by atoms with van der Waals surface area (Å²) in [6, 6.07) is 10.1. The van der Waals surface area contributed by atoms with Gasteiger partial charge in [0.05, 0.1) is 4.75 Å². The van der Waals surface area contributed by atoms with Gasteiger partial charge < -0.3 is 0 Å². The van der Waals surface area contributed by atoms with Crippen LogP contribution in [0, 0.1) is 0 Å². The monoisotopic (exact) mass is 288 g/mol. The molecule has 0 atom stereocenters. The highest BCUT2D eigenvalue weighted by Crippen LogP contribution is 2.34. The number of ketones is 1. The van der Waals surface area contributed by atoms with Crippen molar-refractivity contribution in [3.05, 3.63) is 54.6 Å². The topological polar surface area (TPSA) is 17.1 Å². The van der Waals surface area contributed by atoms with Crippen molar-refractivity contribution >= 4 is 17.5 Å². The Bertz CT molecular complexity index is 471. The van der Waals surface area contributed by atoms with Gasteiger partial charge in [-0.15, -0.1) is 11.8 Å². The summed E-state index contributed by atoms with van der Waals surface area (Å²) in [4.78, 5) is 13.5. The molecule has 0 fully saturated rings. The van der Waals surface area contributed by atoms with E-state index in [-0.39, 0.29) is 4.75 Å². The first kappa shape index (κ1) is 16.8. The van der Waals surface area contributed by atoms with Gasteiger partial charge in [0.1, 0.15) is 5.78 Å². The highest BCUT2D eigenvalue weighted by molar-refractivity contribution is 8.01. The molecule has 0 aliphatic carbocycles. The molecule has 0 aromatic heterocycles. The molecule has 0 bridgehead atoms. The van der Waals surface area contributed by atoms with Crippen LogP contribution in [-0.4, -0.2) is 10.5 Å². The number of hydrogen-bond donors (Lipinski definition) is 0. The Balaban J connectivity index is 2.47. The number of benzene rings is 1. The van der Waals surface area contributed by atoms with Gasteiger partial charge in [-0.1, -0.05) is 42.5 Å². The van der Waals surface area contributed by atoms with E-state index in [0.717, 1.165) is 17.7 Å². The Morgan fingerprint density at radius 2 is 1.95 bits per heavy atom. The van der Waals surface area contributed by atoms with Crippen molar-refractivity contribution in [3.63, 3.8) is 0 Å². The van der Waals surface area contributed by atoms with Crippen LogP contribution in [0.5, 0.6) is 0 Å². The van der Waals surface area contributed by atoms with Gasteiger partial charge in [-0.25, -0.2) is 0 Å². The van der Waals surface area contributed by atoms with Crippen LogP contribution >= 0.6 is 11.8 Å². The summed E-state index contributed by atoms with van der Waals surface area (Å²) < 4.78 is -0.363. The summed E-state index contributed by atoms with van der Waals surface area (Å²) in [6.07, 6.45) is 6.46. The summed E-state index contributed by atoms with van der Waals surface area (Å²) in [6.45, 7) is 9.78. The van der Waals surface area contributed by atoms with Crippen LogP contribution in [-0.2, 0) is 4.79 Å². The largest absolute Gasteiger partial charge is 0.298 e. The lowest BCUT2D eigenvalue weighted by Crippen LogP contribution is -2.27. The zero-order valence-electron chi connectivity index (χ0n) is 12.7. The number of Topliss-reactive ketones (excluding diaryl/α,β-unsaturated/α-hetero) is 1. The van der Waals surface area contributed by atoms with Crippen LogP contribution in [0.25, 0.3) is 0 Å². The minimum Gasteiger partial charge on any atom is -0.298 e. The molecule has 0 amide bonds. The Labute approximate surface area is 127 Å². The number of carbonyl (C=O) groups is 1. The predicted molar refractivity (Wildman–Crippen MR) is 89.2 cm³/mol. The molecule has 0 aliphatic heterocycles. The molecule has 0 saturated heterocycles. The highest BCUT2D eigenvalue weighted by atomic mass is 32.2. The van der Waals surface area contributed by atoms with Crippen molar-refractivity contribution in [2.45, 2.75) is 49.7 Å². The molecule has 0 N–H and O–H groups in total. The van der Waals surface area contributed by atoms with Gasteiger partial charge in [-0.3, -0.25) is 4.79 Å². The standard InChI is InChI=1S/C18H24OS/c1-5-15(2)11-9-10-14-17(19)18(3,4)20-16-12-7-6-8-13-16/h5-8,11-13H,1,9-10,14H2,2-4H3/b15-11-. The third kappa shape index (κ3) is 5.79. The van der Waals surface area contributed by atoms with Crippen molar-refractivity contribution in [3.8, 4) is 0 Å². The number of carbonyl (C=O) groups excluding carboxylic acids is 1. The molecule has 108 valence electrons. The van der Waals surface area contributed by atoms with Gasteiger partial charge in [0.15, 0.2) is 0 Å². The van der Waals surface area contributed by atoms with Crippen molar-refractivity contribution in [1.29, 1.82) is 0 Å². The highest BCUT2D eigenvalue weighted by Gasteiger charge is 2.27. The van der Waals surface area contributed by atoms with Gasteiger partial charge in [-0.2, -0.15) is 0 Å². The minimum atomic E-state index is -0.363. The second kappa shape index (κ2) is 8.11. The zero-order chi connectivity index (χ0) is 15.0. The fourth-order valence-corrected chi connectivity index (χ4v) is 2.92. The van der Waals surface area contributed by atoms with Crippen molar-refractivity contribution in [1.82, 2.24) is 0 Å². The molecule has 1 nitrogen and oxygen atoms in total. The van der Waals surface area contributed by atoms with Crippen LogP contribution in [0.1, 0.15) is 40.0 Å². The van der Waals surface area contributed by atoms with Gasteiger partial charge in [-0.05, 0) is 45.7 Å². The summed E-state index contributed by atoms with van der Waals surface area (Å²) in [7, 11) is 0. The SMILES string of the molecule is C=C/C(C)=C\CCCC(=O)C(C)(C)Sc1ccccc1. The van der Waals surface area contributed by atoms with E-state index in [0.29, 0.717) is 12.2 Å². The summed E-state index contributed by atoms with van der Waals surface area (Å²) in [5, 5.41) is 0. The van der Waals surface area contributed by atoms with Crippen LogP contribution in [0.2, 0.25) is 0 Å². The normalized spacial score (nSPS) is 12.2. The van der Waals surface area contributed by atoms with E-state index in [1.54, 1.807) is 11.8 Å². The number of rotatable bonds is 8. The third-order valence-electron chi connectivity index (χ3n) is 3.18. The molecule has 2 heteroatoms. The predicted octanol–water partition coefficient (Wildman–Crippen LogP) is 5.43. The molecule has 0 radical (unpaired) electrons. The number of thioether (sulfide) groups is 1. The van der Waals surface area contributed by atoms with E-state index in [4.69, 9.17) is 0 Å². The van der Waals surface area contributed by atoms with E-state index in [9.17, 15) is 4.79 Å². The minimum absolute atomic E-state index is 0.316. The fraction of sp³-hybridized carbons (Fsp3) is 0.389.